The van der Waals surface area contributed by atoms with E-state index in [1.165, 1.54) is 16.7 Å². The van der Waals surface area contributed by atoms with Gasteiger partial charge in [0.1, 0.15) is 0 Å². The third kappa shape index (κ3) is 8.00. The predicted molar refractivity (Wildman–Crippen MR) is 234 cm³/mol. The van der Waals surface area contributed by atoms with Crippen LogP contribution < -0.4 is 20.0 Å². The molecule has 0 aliphatic carbocycles. The molecule has 0 spiro atoms. The van der Waals surface area contributed by atoms with Gasteiger partial charge in [0.05, 0.1) is 0 Å². The van der Waals surface area contributed by atoms with Crippen LogP contribution in [-0.4, -0.2) is 0 Å². The molecule has 268 valence electrons. The van der Waals surface area contributed by atoms with E-state index >= 15 is 0 Å². The van der Waals surface area contributed by atoms with Crippen LogP contribution in [0.2, 0.25) is 0 Å². The van der Waals surface area contributed by atoms with Crippen molar-refractivity contribution in [1.29, 1.82) is 0 Å². The SMILES string of the molecule is Cc1cccc(Nc2ccc(N(c3ccc(N(c4ccccc4)c4cccc(C)c4)cc3)c3ccc(N(c4ccccc4)c4cccc(C)c4)cc3)cc2)c1. The molecule has 0 amide bonds. The smallest absolute Gasteiger partial charge is 0.0464 e. The molecule has 0 atom stereocenters. The molecule has 4 heteroatoms. The molecule has 8 aromatic rings. The minimum Gasteiger partial charge on any atom is -0.356 e. The van der Waals surface area contributed by atoms with Gasteiger partial charge in [0.15, 0.2) is 0 Å². The van der Waals surface area contributed by atoms with E-state index in [1.54, 1.807) is 0 Å². The molecule has 4 nitrogen and oxygen atoms in total. The number of nitrogens with one attached hydrogen (secondary N) is 1. The third-order valence-corrected chi connectivity index (χ3v) is 9.71. The van der Waals surface area contributed by atoms with Crippen molar-refractivity contribution in [3.63, 3.8) is 0 Å². The number of hydrogen-bond donors (Lipinski definition) is 1. The molecule has 0 aliphatic rings. The normalized spacial score (nSPS) is 10.8. The Kier molecular flexibility index (Phi) is 10.1. The van der Waals surface area contributed by atoms with E-state index in [0.29, 0.717) is 0 Å². The second-order valence-electron chi connectivity index (χ2n) is 13.9. The largest absolute Gasteiger partial charge is 0.356 e. The molecule has 0 heterocycles. The highest BCUT2D eigenvalue weighted by atomic mass is 15.2. The number of aryl methyl sites for hydroxylation is 3. The number of rotatable bonds is 11. The fourth-order valence-electron chi connectivity index (χ4n) is 7.11. The Morgan fingerprint density at radius 3 is 0.945 bits per heavy atom. The Bertz CT molecular complexity index is 2340. The van der Waals surface area contributed by atoms with E-state index < -0.39 is 0 Å². The number of benzene rings is 8. The van der Waals surface area contributed by atoms with Gasteiger partial charge in [-0.05, 0) is 171 Å². The van der Waals surface area contributed by atoms with Gasteiger partial charge in [0.25, 0.3) is 0 Å². The fraction of sp³-hybridized carbons (Fsp3) is 0.0588. The van der Waals surface area contributed by atoms with Crippen LogP contribution in [0.3, 0.4) is 0 Å². The zero-order valence-corrected chi connectivity index (χ0v) is 31.5. The lowest BCUT2D eigenvalue weighted by molar-refractivity contribution is 1.24. The summed E-state index contributed by atoms with van der Waals surface area (Å²) in [6, 6.07) is 73.3. The Balaban J connectivity index is 1.18. The Morgan fingerprint density at radius 1 is 0.255 bits per heavy atom. The maximum absolute atomic E-state index is 3.57. The van der Waals surface area contributed by atoms with Gasteiger partial charge in [-0.2, -0.15) is 0 Å². The molecule has 0 saturated carbocycles. The predicted octanol–water partition coefficient (Wildman–Crippen LogP) is 14.8. The van der Waals surface area contributed by atoms with Crippen LogP contribution in [0.25, 0.3) is 0 Å². The average Bonchev–Trinajstić information content (AvgIpc) is 3.21. The Morgan fingerprint density at radius 2 is 0.564 bits per heavy atom. The summed E-state index contributed by atoms with van der Waals surface area (Å²) in [5.74, 6) is 0. The van der Waals surface area contributed by atoms with Crippen LogP contribution in [0, 0.1) is 20.8 Å². The van der Waals surface area contributed by atoms with Crippen molar-refractivity contribution in [2.45, 2.75) is 20.8 Å². The van der Waals surface area contributed by atoms with Crippen LogP contribution in [-0.2, 0) is 0 Å². The molecule has 0 aliphatic heterocycles. The van der Waals surface area contributed by atoms with E-state index in [4.69, 9.17) is 0 Å². The maximum atomic E-state index is 3.57. The van der Waals surface area contributed by atoms with Gasteiger partial charge in [-0.1, -0.05) is 72.8 Å². The summed E-state index contributed by atoms with van der Waals surface area (Å²) in [4.78, 5) is 6.94. The van der Waals surface area contributed by atoms with E-state index in [2.05, 4.69) is 247 Å². The second-order valence-corrected chi connectivity index (χ2v) is 13.9. The highest BCUT2D eigenvalue weighted by molar-refractivity contribution is 5.84. The van der Waals surface area contributed by atoms with Gasteiger partial charge in [0.2, 0.25) is 0 Å². The Labute approximate surface area is 325 Å². The topological polar surface area (TPSA) is 21.8 Å². The van der Waals surface area contributed by atoms with Crippen molar-refractivity contribution in [1.82, 2.24) is 0 Å². The first-order chi connectivity index (χ1) is 27.0. The van der Waals surface area contributed by atoms with Crippen LogP contribution in [0.4, 0.5) is 62.6 Å². The van der Waals surface area contributed by atoms with Gasteiger partial charge in [-0.3, -0.25) is 0 Å². The summed E-state index contributed by atoms with van der Waals surface area (Å²) in [6.45, 7) is 6.39. The van der Waals surface area contributed by atoms with Crippen LogP contribution >= 0.6 is 0 Å². The second kappa shape index (κ2) is 15.9. The lowest BCUT2D eigenvalue weighted by Gasteiger charge is -2.29. The third-order valence-electron chi connectivity index (χ3n) is 9.71. The first-order valence-electron chi connectivity index (χ1n) is 18.8. The van der Waals surface area contributed by atoms with Crippen molar-refractivity contribution in [2.24, 2.45) is 0 Å². The minimum absolute atomic E-state index is 1.04. The highest BCUT2D eigenvalue weighted by Crippen LogP contribution is 2.41. The minimum atomic E-state index is 1.04. The van der Waals surface area contributed by atoms with Gasteiger partial charge in [-0.25, -0.2) is 0 Å². The van der Waals surface area contributed by atoms with E-state index in [1.807, 2.05) is 0 Å². The zero-order chi connectivity index (χ0) is 37.6. The molecule has 55 heavy (non-hydrogen) atoms. The number of anilines is 11. The fourth-order valence-corrected chi connectivity index (χ4v) is 7.11. The van der Waals surface area contributed by atoms with E-state index in [0.717, 1.165) is 62.6 Å². The summed E-state index contributed by atoms with van der Waals surface area (Å²) in [5.41, 5.74) is 15.6. The zero-order valence-electron chi connectivity index (χ0n) is 31.5. The lowest BCUT2D eigenvalue weighted by atomic mass is 10.1. The molecule has 8 rings (SSSR count). The molecule has 1 N–H and O–H groups in total. The van der Waals surface area contributed by atoms with Crippen molar-refractivity contribution in [3.05, 3.63) is 223 Å². The van der Waals surface area contributed by atoms with Crippen molar-refractivity contribution < 1.29 is 0 Å². The summed E-state index contributed by atoms with van der Waals surface area (Å²) in [5, 5.41) is 3.57. The monoisotopic (exact) mass is 712 g/mol. The van der Waals surface area contributed by atoms with Gasteiger partial charge >= 0.3 is 0 Å². The molecule has 0 unspecified atom stereocenters. The van der Waals surface area contributed by atoms with Gasteiger partial charge < -0.3 is 20.0 Å². The van der Waals surface area contributed by atoms with Crippen LogP contribution in [0.15, 0.2) is 206 Å². The van der Waals surface area contributed by atoms with Gasteiger partial charge in [-0.15, -0.1) is 0 Å². The lowest BCUT2D eigenvalue weighted by Crippen LogP contribution is -2.13. The molecule has 0 fully saturated rings. The first kappa shape index (κ1) is 35.0. The molecular weight excluding hydrogens is 669 g/mol. The van der Waals surface area contributed by atoms with Crippen LogP contribution in [0.1, 0.15) is 16.7 Å². The quantitative estimate of drug-likeness (QED) is 0.144. The highest BCUT2D eigenvalue weighted by Gasteiger charge is 2.18. The van der Waals surface area contributed by atoms with Crippen molar-refractivity contribution in [2.75, 3.05) is 20.0 Å². The number of hydrogen-bond acceptors (Lipinski definition) is 4. The standard InChI is InChI=1S/C51H44N4/c1-38-13-10-16-42(35-38)52-41-23-25-45(26-24-41)53(46-27-31-48(32-28-46)54(43-17-6-4-7-18-43)50-21-11-14-39(2)36-50)47-29-33-49(34-30-47)55(44-19-8-5-9-20-44)51-22-12-15-40(3)37-51/h4-37,52H,1-3H3. The number of para-hydroxylation sites is 2. The maximum Gasteiger partial charge on any atom is 0.0464 e. The molecule has 0 saturated heterocycles. The summed E-state index contributed by atoms with van der Waals surface area (Å²) < 4.78 is 0. The first-order valence-corrected chi connectivity index (χ1v) is 18.8. The summed E-state index contributed by atoms with van der Waals surface area (Å²) >= 11 is 0. The number of nitrogens with zero attached hydrogens (tertiary/aromatic N) is 3. The molecule has 0 radical (unpaired) electrons. The van der Waals surface area contributed by atoms with Crippen LogP contribution in [0.5, 0.6) is 0 Å². The van der Waals surface area contributed by atoms with Crippen molar-refractivity contribution >= 4 is 62.6 Å². The Hall–Kier alpha value is -7.04. The summed E-state index contributed by atoms with van der Waals surface area (Å²) in [6.07, 6.45) is 0. The molecule has 0 aromatic heterocycles. The van der Waals surface area contributed by atoms with Crippen molar-refractivity contribution in [3.8, 4) is 0 Å². The average molecular weight is 713 g/mol. The molecule has 0 bridgehead atoms. The molecule has 8 aromatic carbocycles. The molecular formula is C51H44N4. The summed E-state index contributed by atoms with van der Waals surface area (Å²) in [7, 11) is 0. The van der Waals surface area contributed by atoms with Gasteiger partial charge in [0, 0.05) is 62.6 Å². The van der Waals surface area contributed by atoms with E-state index in [-0.39, 0.29) is 0 Å². The van der Waals surface area contributed by atoms with E-state index in [9.17, 15) is 0 Å².